The van der Waals surface area contributed by atoms with Gasteiger partial charge >= 0.3 is 0 Å². The number of non-ortho nitro benzene ring substituents is 1. The molecule has 1 saturated carbocycles. The van der Waals surface area contributed by atoms with Crippen molar-refractivity contribution in [3.05, 3.63) is 46.5 Å². The van der Waals surface area contributed by atoms with E-state index in [9.17, 15) is 10.1 Å². The summed E-state index contributed by atoms with van der Waals surface area (Å²) in [6.07, 6.45) is 6.59. The SMILES string of the molecule is O=[N+]([O-])c1ccc(N/N=C2/C[C@H]3C=CC[C@@H]23)cc1. The number of nitro groups is 1. The van der Waals surface area contributed by atoms with Crippen LogP contribution in [0.2, 0.25) is 0 Å². The van der Waals surface area contributed by atoms with Crippen LogP contribution in [0.3, 0.4) is 0 Å². The topological polar surface area (TPSA) is 67.5 Å². The largest absolute Gasteiger partial charge is 0.279 e. The van der Waals surface area contributed by atoms with Crippen LogP contribution >= 0.6 is 0 Å². The van der Waals surface area contributed by atoms with E-state index in [1.165, 1.54) is 17.8 Å². The van der Waals surface area contributed by atoms with Gasteiger partial charge in [-0.05, 0) is 30.9 Å². The van der Waals surface area contributed by atoms with Crippen molar-refractivity contribution in [3.8, 4) is 0 Å². The lowest BCUT2D eigenvalue weighted by atomic mass is 9.74. The van der Waals surface area contributed by atoms with Crippen molar-refractivity contribution in [3.63, 3.8) is 0 Å². The molecule has 0 spiro atoms. The Morgan fingerprint density at radius 1 is 1.33 bits per heavy atom. The van der Waals surface area contributed by atoms with Gasteiger partial charge in [0.25, 0.3) is 5.69 Å². The molecule has 92 valence electrons. The number of anilines is 1. The van der Waals surface area contributed by atoms with E-state index in [4.69, 9.17) is 0 Å². The second-order valence-corrected chi connectivity index (χ2v) is 4.66. The zero-order chi connectivity index (χ0) is 12.5. The summed E-state index contributed by atoms with van der Waals surface area (Å²) in [5.74, 6) is 1.26. The Morgan fingerprint density at radius 3 is 2.78 bits per heavy atom. The molecule has 1 N–H and O–H groups in total. The Hall–Kier alpha value is -2.17. The zero-order valence-electron chi connectivity index (χ0n) is 9.74. The third kappa shape index (κ3) is 1.88. The summed E-state index contributed by atoms with van der Waals surface area (Å²) in [4.78, 5) is 10.1. The highest BCUT2D eigenvalue weighted by Crippen LogP contribution is 2.40. The van der Waals surface area contributed by atoms with Crippen molar-refractivity contribution in [1.29, 1.82) is 0 Å². The number of nitro benzene ring substituents is 1. The molecule has 0 bridgehead atoms. The van der Waals surface area contributed by atoms with Crippen molar-refractivity contribution >= 4 is 17.1 Å². The van der Waals surface area contributed by atoms with Gasteiger partial charge in [0.15, 0.2) is 0 Å². The summed E-state index contributed by atoms with van der Waals surface area (Å²) in [6, 6.07) is 6.29. The van der Waals surface area contributed by atoms with Gasteiger partial charge in [-0.25, -0.2) is 0 Å². The summed E-state index contributed by atoms with van der Waals surface area (Å²) in [5, 5.41) is 14.9. The smallest absolute Gasteiger partial charge is 0.269 e. The van der Waals surface area contributed by atoms with E-state index in [2.05, 4.69) is 22.7 Å². The van der Waals surface area contributed by atoms with E-state index in [1.54, 1.807) is 12.1 Å². The lowest BCUT2D eigenvalue weighted by molar-refractivity contribution is -0.384. The average molecular weight is 243 g/mol. The van der Waals surface area contributed by atoms with Gasteiger partial charge in [0.05, 0.1) is 10.6 Å². The molecular weight excluding hydrogens is 230 g/mol. The Bertz CT molecular complexity index is 534. The van der Waals surface area contributed by atoms with E-state index >= 15 is 0 Å². The first-order valence-electron chi connectivity index (χ1n) is 5.97. The van der Waals surface area contributed by atoms with Crippen LogP contribution in [-0.4, -0.2) is 10.6 Å². The third-order valence-electron chi connectivity index (χ3n) is 3.57. The second kappa shape index (κ2) is 4.25. The molecule has 2 aliphatic carbocycles. The standard InChI is InChI=1S/C13H13N3O2/c17-16(18)11-6-4-10(5-7-11)14-15-13-8-9-2-1-3-12(9)13/h1-2,4-7,9,12,14H,3,8H2/b15-13-/t9-,12-/m1/s1. The highest BCUT2D eigenvalue weighted by atomic mass is 16.6. The highest BCUT2D eigenvalue weighted by Gasteiger charge is 2.37. The summed E-state index contributed by atoms with van der Waals surface area (Å²) in [5.41, 5.74) is 5.03. The molecular formula is C13H13N3O2. The molecule has 0 amide bonds. The van der Waals surface area contributed by atoms with E-state index in [0.29, 0.717) is 11.8 Å². The van der Waals surface area contributed by atoms with Gasteiger partial charge in [-0.1, -0.05) is 12.2 Å². The van der Waals surface area contributed by atoms with Gasteiger partial charge in [-0.3, -0.25) is 15.5 Å². The molecule has 2 aliphatic rings. The molecule has 0 aromatic heterocycles. The third-order valence-corrected chi connectivity index (χ3v) is 3.57. The fourth-order valence-corrected chi connectivity index (χ4v) is 2.46. The molecule has 0 heterocycles. The lowest BCUT2D eigenvalue weighted by Crippen LogP contribution is -2.33. The van der Waals surface area contributed by atoms with E-state index in [0.717, 1.165) is 18.5 Å². The van der Waals surface area contributed by atoms with Crippen molar-refractivity contribution in [1.82, 2.24) is 0 Å². The van der Waals surface area contributed by atoms with Crippen molar-refractivity contribution in [2.24, 2.45) is 16.9 Å². The summed E-state index contributed by atoms with van der Waals surface area (Å²) in [7, 11) is 0. The summed E-state index contributed by atoms with van der Waals surface area (Å²) in [6.45, 7) is 0. The van der Waals surface area contributed by atoms with Crippen molar-refractivity contribution < 1.29 is 4.92 Å². The number of hydrogen-bond donors (Lipinski definition) is 1. The van der Waals surface area contributed by atoms with Gasteiger partial charge in [0, 0.05) is 23.8 Å². The first-order chi connectivity index (χ1) is 8.74. The number of hydrogen-bond acceptors (Lipinski definition) is 4. The highest BCUT2D eigenvalue weighted by molar-refractivity contribution is 5.94. The molecule has 0 saturated heterocycles. The van der Waals surface area contributed by atoms with Gasteiger partial charge in [-0.15, -0.1) is 0 Å². The average Bonchev–Trinajstić information content (AvgIpc) is 2.72. The van der Waals surface area contributed by atoms with Crippen LogP contribution in [0.5, 0.6) is 0 Å². The van der Waals surface area contributed by atoms with Crippen molar-refractivity contribution in [2.45, 2.75) is 12.8 Å². The molecule has 1 aromatic carbocycles. The molecule has 5 nitrogen and oxygen atoms in total. The molecule has 0 radical (unpaired) electrons. The minimum Gasteiger partial charge on any atom is -0.279 e. The molecule has 18 heavy (non-hydrogen) atoms. The maximum Gasteiger partial charge on any atom is 0.269 e. The number of hydrazone groups is 1. The monoisotopic (exact) mass is 243 g/mol. The summed E-state index contributed by atoms with van der Waals surface area (Å²) < 4.78 is 0. The van der Waals surface area contributed by atoms with Gasteiger partial charge < -0.3 is 0 Å². The quantitative estimate of drug-likeness (QED) is 0.504. The number of fused-ring (bicyclic) bond motifs is 1. The van der Waals surface area contributed by atoms with Gasteiger partial charge in [0.2, 0.25) is 0 Å². The zero-order valence-corrected chi connectivity index (χ0v) is 9.74. The Kier molecular flexibility index (Phi) is 2.59. The molecule has 2 atom stereocenters. The Morgan fingerprint density at radius 2 is 2.11 bits per heavy atom. The number of benzene rings is 1. The molecule has 5 heteroatoms. The fraction of sp³-hybridized carbons (Fsp3) is 0.308. The maximum absolute atomic E-state index is 10.5. The van der Waals surface area contributed by atoms with E-state index in [1.807, 2.05) is 0 Å². The van der Waals surface area contributed by atoms with Crippen LogP contribution in [0.4, 0.5) is 11.4 Å². The molecule has 3 rings (SSSR count). The maximum atomic E-state index is 10.5. The molecule has 0 unspecified atom stereocenters. The van der Waals surface area contributed by atoms with E-state index < -0.39 is 4.92 Å². The first kappa shape index (κ1) is 11.0. The Labute approximate surface area is 104 Å². The number of nitrogens with zero attached hydrogens (tertiary/aromatic N) is 2. The number of nitrogens with one attached hydrogen (secondary N) is 1. The minimum atomic E-state index is -0.406. The predicted octanol–water partition coefficient (Wildman–Crippen LogP) is 2.96. The normalized spacial score (nSPS) is 26.8. The number of allylic oxidation sites excluding steroid dienone is 2. The molecule has 0 aliphatic heterocycles. The molecule has 1 aromatic rings. The summed E-state index contributed by atoms with van der Waals surface area (Å²) >= 11 is 0. The van der Waals surface area contributed by atoms with Gasteiger partial charge in [-0.2, -0.15) is 5.10 Å². The van der Waals surface area contributed by atoms with Crippen LogP contribution in [0.1, 0.15) is 12.8 Å². The Balaban J connectivity index is 1.63. The van der Waals surface area contributed by atoms with Gasteiger partial charge in [0.1, 0.15) is 0 Å². The van der Waals surface area contributed by atoms with Crippen molar-refractivity contribution in [2.75, 3.05) is 5.43 Å². The first-order valence-corrected chi connectivity index (χ1v) is 5.97. The van der Waals surface area contributed by atoms with Crippen LogP contribution in [0, 0.1) is 22.0 Å². The predicted molar refractivity (Wildman–Crippen MR) is 69.5 cm³/mol. The number of rotatable bonds is 3. The van der Waals surface area contributed by atoms with Crippen LogP contribution in [0.15, 0.2) is 41.5 Å². The van der Waals surface area contributed by atoms with Crippen LogP contribution in [0.25, 0.3) is 0 Å². The lowest BCUT2D eigenvalue weighted by Gasteiger charge is -2.31. The van der Waals surface area contributed by atoms with Crippen LogP contribution in [-0.2, 0) is 0 Å². The van der Waals surface area contributed by atoms with Crippen LogP contribution < -0.4 is 5.43 Å². The minimum absolute atomic E-state index is 0.0944. The second-order valence-electron chi connectivity index (χ2n) is 4.66. The van der Waals surface area contributed by atoms with E-state index in [-0.39, 0.29) is 5.69 Å². The fourth-order valence-electron chi connectivity index (χ4n) is 2.46. The molecule has 1 fully saturated rings.